The number of carbonyl (C=O) groups is 4. The Balaban J connectivity index is 3.85. The van der Waals surface area contributed by atoms with E-state index in [0.717, 1.165) is 0 Å². The Bertz CT molecular complexity index is 349. The zero-order valence-electron chi connectivity index (χ0n) is 11.4. The maximum atomic E-state index is 11.5. The molecule has 0 heterocycles. The molecule has 0 unspecified atom stereocenters. The van der Waals surface area contributed by atoms with Gasteiger partial charge in [0.05, 0.1) is 19.0 Å². The Morgan fingerprint density at radius 3 is 2.25 bits per heavy atom. The summed E-state index contributed by atoms with van der Waals surface area (Å²) in [5.74, 6) is -2.00. The number of likely N-dealkylation sites (N-methyl/N-ethyl adjacent to an activating group) is 1. The molecule has 0 spiro atoms. The summed E-state index contributed by atoms with van der Waals surface area (Å²) in [7, 11) is 1.47. The third-order valence-corrected chi connectivity index (χ3v) is 2.44. The maximum Gasteiger partial charge on any atom is 0.237 e. The number of nitrogens with two attached hydrogens (primary N) is 3. The first-order valence-corrected chi connectivity index (χ1v) is 6.08. The van der Waals surface area contributed by atoms with E-state index in [1.807, 2.05) is 0 Å². The van der Waals surface area contributed by atoms with Crippen LogP contribution >= 0.6 is 0 Å². The zero-order chi connectivity index (χ0) is 15.7. The van der Waals surface area contributed by atoms with Gasteiger partial charge in [0.15, 0.2) is 0 Å². The van der Waals surface area contributed by atoms with Crippen molar-refractivity contribution in [2.45, 2.75) is 25.3 Å². The molecule has 1 atom stereocenters. The average molecular weight is 287 g/mol. The van der Waals surface area contributed by atoms with Crippen molar-refractivity contribution in [3.8, 4) is 0 Å². The van der Waals surface area contributed by atoms with Gasteiger partial charge in [-0.1, -0.05) is 0 Å². The monoisotopic (exact) mass is 287 g/mol. The van der Waals surface area contributed by atoms with Crippen molar-refractivity contribution in [3.05, 3.63) is 0 Å². The van der Waals surface area contributed by atoms with E-state index < -0.39 is 23.8 Å². The zero-order valence-corrected chi connectivity index (χ0v) is 11.4. The second-order valence-electron chi connectivity index (χ2n) is 4.39. The van der Waals surface area contributed by atoms with E-state index in [2.05, 4.69) is 5.32 Å². The van der Waals surface area contributed by atoms with Crippen molar-refractivity contribution in [2.75, 3.05) is 20.1 Å². The van der Waals surface area contributed by atoms with Gasteiger partial charge in [0.25, 0.3) is 0 Å². The summed E-state index contributed by atoms with van der Waals surface area (Å²) in [4.78, 5) is 45.3. The van der Waals surface area contributed by atoms with Crippen LogP contribution in [0.3, 0.4) is 0 Å². The molecular weight excluding hydrogens is 266 g/mol. The fraction of sp³-hybridized carbons (Fsp3) is 0.636. The summed E-state index contributed by atoms with van der Waals surface area (Å²) in [6.07, 6.45) is 0.318. The molecule has 0 saturated carbocycles. The number of nitrogens with zero attached hydrogens (tertiary/aromatic N) is 1. The van der Waals surface area contributed by atoms with Gasteiger partial charge in [-0.15, -0.1) is 0 Å². The fourth-order valence-corrected chi connectivity index (χ4v) is 1.40. The van der Waals surface area contributed by atoms with Gasteiger partial charge in [-0.3, -0.25) is 19.2 Å². The number of primary amides is 2. The van der Waals surface area contributed by atoms with Crippen LogP contribution in [0.5, 0.6) is 0 Å². The quantitative estimate of drug-likeness (QED) is 0.332. The number of hydrogen-bond acceptors (Lipinski definition) is 5. The lowest BCUT2D eigenvalue weighted by atomic mass is 10.2. The highest BCUT2D eigenvalue weighted by Gasteiger charge is 2.15. The fourth-order valence-electron chi connectivity index (χ4n) is 1.40. The SMILES string of the molecule is CN(CC(N)=O)C(=O)CCCNC(=O)[C@@H](N)CC(N)=O. The van der Waals surface area contributed by atoms with Crippen molar-refractivity contribution in [1.82, 2.24) is 10.2 Å². The van der Waals surface area contributed by atoms with Crippen LogP contribution in [-0.2, 0) is 19.2 Å². The molecule has 0 saturated heterocycles. The summed E-state index contributed by atoms with van der Waals surface area (Å²) in [6.45, 7) is 0.0934. The van der Waals surface area contributed by atoms with Crippen LogP contribution < -0.4 is 22.5 Å². The van der Waals surface area contributed by atoms with Crippen molar-refractivity contribution in [1.29, 1.82) is 0 Å². The molecule has 0 bridgehead atoms. The standard InChI is InChI=1S/C11H21N5O4/c1-16(6-9(14)18)10(19)3-2-4-15-11(20)7(12)5-8(13)17/h7H,2-6,12H2,1H3,(H2,13,17)(H2,14,18)(H,15,20)/t7-/m0/s1. The minimum atomic E-state index is -0.985. The molecule has 0 aliphatic heterocycles. The van der Waals surface area contributed by atoms with E-state index in [1.54, 1.807) is 0 Å². The molecule has 0 fully saturated rings. The summed E-state index contributed by atoms with van der Waals surface area (Å²) >= 11 is 0. The van der Waals surface area contributed by atoms with Crippen LogP contribution in [0.15, 0.2) is 0 Å². The molecule has 9 nitrogen and oxygen atoms in total. The van der Waals surface area contributed by atoms with Crippen LogP contribution in [0.4, 0.5) is 0 Å². The van der Waals surface area contributed by atoms with Gasteiger partial charge in [-0.05, 0) is 6.42 Å². The van der Waals surface area contributed by atoms with Crippen LogP contribution in [-0.4, -0.2) is 54.7 Å². The Kier molecular flexibility index (Phi) is 7.90. The molecule has 0 aromatic carbocycles. The number of amides is 4. The van der Waals surface area contributed by atoms with E-state index >= 15 is 0 Å². The third-order valence-electron chi connectivity index (χ3n) is 2.44. The Hall–Kier alpha value is -2.16. The highest BCUT2D eigenvalue weighted by molar-refractivity contribution is 5.87. The van der Waals surface area contributed by atoms with Crippen molar-refractivity contribution in [3.63, 3.8) is 0 Å². The van der Waals surface area contributed by atoms with Crippen molar-refractivity contribution >= 4 is 23.6 Å². The van der Waals surface area contributed by atoms with E-state index in [0.29, 0.717) is 6.42 Å². The molecule has 0 aliphatic carbocycles. The molecule has 0 aromatic heterocycles. The average Bonchev–Trinajstić information content (AvgIpc) is 2.32. The minimum Gasteiger partial charge on any atom is -0.370 e. The molecule has 4 amide bonds. The van der Waals surface area contributed by atoms with E-state index in [-0.39, 0.29) is 31.8 Å². The summed E-state index contributed by atoms with van der Waals surface area (Å²) in [5.41, 5.74) is 15.3. The van der Waals surface area contributed by atoms with Gasteiger partial charge in [0.1, 0.15) is 0 Å². The second-order valence-corrected chi connectivity index (χ2v) is 4.39. The lowest BCUT2D eigenvalue weighted by Crippen LogP contribution is -2.43. The van der Waals surface area contributed by atoms with Gasteiger partial charge >= 0.3 is 0 Å². The largest absolute Gasteiger partial charge is 0.370 e. The molecule has 0 rings (SSSR count). The summed E-state index contributed by atoms with van der Waals surface area (Å²) in [5, 5.41) is 2.49. The third kappa shape index (κ3) is 8.03. The highest BCUT2D eigenvalue weighted by Crippen LogP contribution is 1.95. The number of hydrogen-bond donors (Lipinski definition) is 4. The second kappa shape index (κ2) is 8.86. The van der Waals surface area contributed by atoms with Crippen LogP contribution in [0.1, 0.15) is 19.3 Å². The van der Waals surface area contributed by atoms with Gasteiger partial charge in [-0.2, -0.15) is 0 Å². The first-order valence-electron chi connectivity index (χ1n) is 6.08. The van der Waals surface area contributed by atoms with Crippen molar-refractivity contribution < 1.29 is 19.2 Å². The predicted octanol–water partition coefficient (Wildman–Crippen LogP) is -2.97. The van der Waals surface area contributed by atoms with Gasteiger partial charge in [-0.25, -0.2) is 0 Å². The number of carbonyl (C=O) groups excluding carboxylic acids is 4. The van der Waals surface area contributed by atoms with E-state index in [9.17, 15) is 19.2 Å². The van der Waals surface area contributed by atoms with E-state index in [1.165, 1.54) is 11.9 Å². The lowest BCUT2D eigenvalue weighted by molar-refractivity contribution is -0.134. The lowest BCUT2D eigenvalue weighted by Gasteiger charge is -2.15. The van der Waals surface area contributed by atoms with Gasteiger partial charge in [0, 0.05) is 20.0 Å². The minimum absolute atomic E-state index is 0.144. The summed E-state index contributed by atoms with van der Waals surface area (Å²) < 4.78 is 0. The Labute approximate surface area is 116 Å². The topological polar surface area (TPSA) is 162 Å². The molecule has 20 heavy (non-hydrogen) atoms. The molecule has 0 radical (unpaired) electrons. The van der Waals surface area contributed by atoms with Crippen LogP contribution in [0, 0.1) is 0 Å². The smallest absolute Gasteiger partial charge is 0.237 e. The molecule has 0 aliphatic rings. The maximum absolute atomic E-state index is 11.5. The molecular formula is C11H21N5O4. The number of rotatable bonds is 9. The first kappa shape index (κ1) is 17.8. The summed E-state index contributed by atoms with van der Waals surface area (Å²) in [6, 6.07) is -0.985. The molecule has 0 aromatic rings. The highest BCUT2D eigenvalue weighted by atomic mass is 16.2. The van der Waals surface area contributed by atoms with Gasteiger partial charge < -0.3 is 27.4 Å². The number of nitrogens with one attached hydrogen (secondary N) is 1. The molecule has 7 N–H and O–H groups in total. The Morgan fingerprint density at radius 2 is 1.75 bits per heavy atom. The van der Waals surface area contributed by atoms with Crippen LogP contribution in [0.25, 0.3) is 0 Å². The first-order chi connectivity index (χ1) is 9.23. The van der Waals surface area contributed by atoms with E-state index in [4.69, 9.17) is 17.2 Å². The normalized spacial score (nSPS) is 11.5. The van der Waals surface area contributed by atoms with Crippen molar-refractivity contribution in [2.24, 2.45) is 17.2 Å². The molecule has 9 heteroatoms. The van der Waals surface area contributed by atoms with Crippen LogP contribution in [0.2, 0.25) is 0 Å². The van der Waals surface area contributed by atoms with Gasteiger partial charge in [0.2, 0.25) is 23.6 Å². The Morgan fingerprint density at radius 1 is 1.15 bits per heavy atom. The molecule has 114 valence electrons. The predicted molar refractivity (Wildman–Crippen MR) is 70.9 cm³/mol.